The maximum Gasteiger partial charge on any atom is 0.478 e. The maximum atomic E-state index is 12.2. The van der Waals surface area contributed by atoms with Gasteiger partial charge in [0.15, 0.2) is 0 Å². The van der Waals surface area contributed by atoms with Crippen LogP contribution in [-0.4, -0.2) is 74.6 Å². The Morgan fingerprint density at radius 2 is 0.792 bits per heavy atom. The van der Waals surface area contributed by atoms with E-state index in [2.05, 4.69) is 64.8 Å². The average molecular weight is 757 g/mol. The Balaban J connectivity index is 0.000000333. The number of nitrogens with zero attached hydrogens (tertiary/aromatic N) is 17. The largest absolute Gasteiger partial charge is 0.478 e. The number of hydrogen-bond acceptors (Lipinski definition) is 19. The van der Waals surface area contributed by atoms with Gasteiger partial charge in [0.1, 0.15) is 29.6 Å². The third kappa shape index (κ3) is 15.2. The Labute approximate surface area is 288 Å². The van der Waals surface area contributed by atoms with E-state index in [1.165, 1.54) is 20.8 Å². The van der Waals surface area contributed by atoms with E-state index in [-0.39, 0.29) is 34.7 Å². The molecule has 0 fully saturated rings. The fraction of sp³-hybridized carbons (Fsp3) is 0.208. The molecule has 5 rings (SSSR count). The Kier molecular flexibility index (Phi) is 16.5. The minimum Gasteiger partial charge on any atom is -0.390 e. The number of hydrogen-bond donors (Lipinski definition) is 0. The standard InChI is InChI=1S/C6H3N5.2C5H3F3N2.C4H3F2N3.C4H3N5O4/c1-4-9-5(2-7)11-6(3-8)10-4;1-2-9-4(7)3(6)5(8)10-2;1-2-3(6)9-5(8)10-4(2)7;1-2-7-3(5)9-4(6)8-2;1-2-5-3(8(10)11)7-4(6-2)9(12)13/h1H3;2*1H3;1H3;1H3. The van der Waals surface area contributed by atoms with E-state index in [1.807, 2.05) is 0 Å². The summed E-state index contributed by atoms with van der Waals surface area (Å²) in [6.07, 6.45) is -3.56. The highest BCUT2D eigenvalue weighted by Crippen LogP contribution is 2.09. The van der Waals surface area contributed by atoms with Gasteiger partial charge in [-0.25, -0.2) is 19.9 Å². The lowest BCUT2D eigenvalue weighted by Gasteiger charge is -1.94. The average Bonchev–Trinajstić information content (AvgIpc) is 3.06. The summed E-state index contributed by atoms with van der Waals surface area (Å²) in [4.78, 5) is 59.0. The molecule has 276 valence electrons. The molecule has 0 radical (unpaired) electrons. The molecule has 5 aromatic rings. The van der Waals surface area contributed by atoms with Crippen LogP contribution in [-0.2, 0) is 0 Å². The summed E-state index contributed by atoms with van der Waals surface area (Å²) in [7, 11) is 0. The SMILES string of the molecule is Cc1c(F)nc(F)nc1F.Cc1nc(C#N)nc(C#N)n1.Cc1nc(F)c(F)c(F)n1.Cc1nc(F)nc(F)n1.Cc1nc([N+](=O)[O-])nc([N+](=O)[O-])n1. The van der Waals surface area contributed by atoms with Gasteiger partial charge in [0, 0.05) is 11.9 Å². The van der Waals surface area contributed by atoms with Gasteiger partial charge in [0.05, 0.1) is 5.56 Å². The minimum absolute atomic E-state index is 0.0194. The predicted octanol–water partition coefficient (Wildman–Crippen LogP) is 2.78. The van der Waals surface area contributed by atoms with Gasteiger partial charge in [-0.2, -0.15) is 75.6 Å². The van der Waals surface area contributed by atoms with Crippen LogP contribution in [0.15, 0.2) is 0 Å². The van der Waals surface area contributed by atoms with Crippen LogP contribution < -0.4 is 0 Å². The molecule has 0 aliphatic heterocycles. The van der Waals surface area contributed by atoms with Crippen molar-refractivity contribution in [1.82, 2.24) is 64.8 Å². The molecule has 0 N–H and O–H groups in total. The summed E-state index contributed by atoms with van der Waals surface area (Å²) >= 11 is 0. The highest BCUT2D eigenvalue weighted by molar-refractivity contribution is 5.17. The van der Waals surface area contributed by atoms with Crippen LogP contribution in [0.4, 0.5) is 47.0 Å². The van der Waals surface area contributed by atoms with Crippen molar-refractivity contribution >= 4 is 11.9 Å². The maximum absolute atomic E-state index is 12.2. The van der Waals surface area contributed by atoms with Crippen molar-refractivity contribution in [2.45, 2.75) is 34.6 Å². The zero-order valence-corrected chi connectivity index (χ0v) is 26.8. The summed E-state index contributed by atoms with van der Waals surface area (Å²) < 4.78 is 96.4. The van der Waals surface area contributed by atoms with E-state index in [0.29, 0.717) is 5.82 Å². The lowest BCUT2D eigenvalue weighted by atomic mass is 10.4. The number of aryl methyl sites for hydroxylation is 4. The van der Waals surface area contributed by atoms with Crippen molar-refractivity contribution in [3.8, 4) is 12.1 Å². The van der Waals surface area contributed by atoms with Gasteiger partial charge < -0.3 is 20.2 Å². The molecule has 0 aromatic carbocycles. The summed E-state index contributed by atoms with van der Waals surface area (Å²) in [5.74, 6) is -8.31. The quantitative estimate of drug-likeness (QED) is 0.0821. The van der Waals surface area contributed by atoms with Crippen molar-refractivity contribution in [2.24, 2.45) is 0 Å². The van der Waals surface area contributed by atoms with Crippen molar-refractivity contribution in [3.05, 3.63) is 109 Å². The van der Waals surface area contributed by atoms with Gasteiger partial charge in [-0.15, -0.1) is 0 Å². The van der Waals surface area contributed by atoms with Crippen LogP contribution in [0, 0.1) is 125 Å². The third-order valence-corrected chi connectivity index (χ3v) is 4.57. The molecular weight excluding hydrogens is 742 g/mol. The van der Waals surface area contributed by atoms with Crippen LogP contribution in [0.3, 0.4) is 0 Å². The topological polar surface area (TPSA) is 301 Å². The number of aromatic nitrogens is 13. The second kappa shape index (κ2) is 20.2. The highest BCUT2D eigenvalue weighted by atomic mass is 19.2. The van der Waals surface area contributed by atoms with Gasteiger partial charge in [-0.1, -0.05) is 0 Å². The first-order valence-corrected chi connectivity index (χ1v) is 13.0. The van der Waals surface area contributed by atoms with E-state index < -0.39 is 69.6 Å². The molecule has 0 aliphatic carbocycles. The molecule has 0 bridgehead atoms. The van der Waals surface area contributed by atoms with E-state index in [1.54, 1.807) is 19.1 Å². The summed E-state index contributed by atoms with van der Waals surface area (Å²) in [6, 6.07) is 3.46. The Bertz CT molecular complexity index is 1990. The molecule has 0 saturated carbocycles. The van der Waals surface area contributed by atoms with E-state index >= 15 is 0 Å². The Morgan fingerprint density at radius 1 is 0.453 bits per heavy atom. The van der Waals surface area contributed by atoms with Gasteiger partial charge in [0.25, 0.3) is 17.7 Å². The number of halogens is 8. The third-order valence-electron chi connectivity index (χ3n) is 4.57. The highest BCUT2D eigenvalue weighted by Gasteiger charge is 2.21. The second-order valence-corrected chi connectivity index (χ2v) is 8.54. The molecule has 21 nitrogen and oxygen atoms in total. The molecule has 0 saturated heterocycles. The van der Waals surface area contributed by atoms with Gasteiger partial charge in [0.2, 0.25) is 29.4 Å². The molecule has 53 heavy (non-hydrogen) atoms. The number of nitriles is 2. The molecule has 0 atom stereocenters. The van der Waals surface area contributed by atoms with Crippen molar-refractivity contribution in [3.63, 3.8) is 0 Å². The summed E-state index contributed by atoms with van der Waals surface area (Å²) in [5.41, 5.74) is -0.374. The van der Waals surface area contributed by atoms with Gasteiger partial charge in [-0.3, -0.25) is 0 Å². The number of rotatable bonds is 2. The van der Waals surface area contributed by atoms with E-state index in [0.717, 1.165) is 6.92 Å². The van der Waals surface area contributed by atoms with Crippen molar-refractivity contribution in [1.29, 1.82) is 10.5 Å². The second-order valence-electron chi connectivity index (χ2n) is 8.54. The van der Waals surface area contributed by atoms with Crippen LogP contribution in [0.25, 0.3) is 0 Å². The lowest BCUT2D eigenvalue weighted by Crippen LogP contribution is -2.04. The molecular formula is C24H15F8N17O4. The fourth-order valence-electron chi connectivity index (χ4n) is 2.55. The van der Waals surface area contributed by atoms with Crippen LogP contribution in [0.1, 0.15) is 40.5 Å². The first-order valence-electron chi connectivity index (χ1n) is 13.0. The van der Waals surface area contributed by atoms with E-state index in [9.17, 15) is 55.4 Å². The molecule has 5 aromatic heterocycles. The summed E-state index contributed by atoms with van der Waals surface area (Å²) in [6.45, 7) is 6.69. The minimum atomic E-state index is -1.63. The van der Waals surface area contributed by atoms with Gasteiger partial charge in [-0.05, 0) is 47.5 Å². The predicted molar refractivity (Wildman–Crippen MR) is 150 cm³/mol. The fourth-order valence-corrected chi connectivity index (χ4v) is 2.55. The van der Waals surface area contributed by atoms with Crippen LogP contribution >= 0.6 is 0 Å². The first kappa shape index (κ1) is 43.4. The van der Waals surface area contributed by atoms with E-state index in [4.69, 9.17) is 10.5 Å². The normalized spacial score (nSPS) is 9.49. The van der Waals surface area contributed by atoms with Gasteiger partial charge >= 0.3 is 30.1 Å². The summed E-state index contributed by atoms with van der Waals surface area (Å²) in [5, 5.41) is 37.1. The molecule has 0 spiro atoms. The zero-order valence-electron chi connectivity index (χ0n) is 26.8. The smallest absolute Gasteiger partial charge is 0.390 e. The lowest BCUT2D eigenvalue weighted by molar-refractivity contribution is -0.409. The Hall–Kier alpha value is -7.59. The molecule has 0 aliphatic rings. The number of nitro groups is 2. The van der Waals surface area contributed by atoms with Crippen LogP contribution in [0.2, 0.25) is 0 Å². The molecule has 0 unspecified atom stereocenters. The monoisotopic (exact) mass is 757 g/mol. The zero-order chi connectivity index (χ0) is 40.6. The van der Waals surface area contributed by atoms with Crippen LogP contribution in [0.5, 0.6) is 0 Å². The first-order chi connectivity index (χ1) is 24.7. The molecule has 5 heterocycles. The molecule has 29 heteroatoms. The molecule has 0 amide bonds. The Morgan fingerprint density at radius 3 is 1.15 bits per heavy atom. The van der Waals surface area contributed by atoms with Crippen molar-refractivity contribution in [2.75, 3.05) is 0 Å². The van der Waals surface area contributed by atoms with Crippen molar-refractivity contribution < 1.29 is 45.0 Å².